The second-order valence-corrected chi connectivity index (χ2v) is 7.53. The molecule has 0 aliphatic carbocycles. The normalized spacial score (nSPS) is 10.9. The average Bonchev–Trinajstić information content (AvgIpc) is 2.82. The van der Waals surface area contributed by atoms with Gasteiger partial charge in [0.25, 0.3) is 5.69 Å². The molecule has 0 heterocycles. The molecule has 0 amide bonds. The molecule has 0 saturated carbocycles. The van der Waals surface area contributed by atoms with E-state index in [9.17, 15) is 15.4 Å². The van der Waals surface area contributed by atoms with Gasteiger partial charge in [-0.3, -0.25) is 10.1 Å². The number of methoxy groups -OCH3 is 1. The van der Waals surface area contributed by atoms with Gasteiger partial charge in [-0.2, -0.15) is 5.26 Å². The summed E-state index contributed by atoms with van der Waals surface area (Å²) in [4.78, 5) is 10.4. The van der Waals surface area contributed by atoms with Crippen molar-refractivity contribution in [1.29, 1.82) is 5.26 Å². The van der Waals surface area contributed by atoms with Crippen molar-refractivity contribution in [1.82, 2.24) is 0 Å². The van der Waals surface area contributed by atoms with Crippen LogP contribution in [0, 0.1) is 21.4 Å². The van der Waals surface area contributed by atoms with E-state index in [-0.39, 0.29) is 5.69 Å². The van der Waals surface area contributed by atoms with Crippen LogP contribution in [0.5, 0.6) is 11.5 Å². The lowest BCUT2D eigenvalue weighted by Crippen LogP contribution is -2.02. The van der Waals surface area contributed by atoms with Crippen molar-refractivity contribution in [3.05, 3.63) is 111 Å². The number of benzene rings is 3. The Morgan fingerprint density at radius 2 is 1.88 bits per heavy atom. The molecule has 0 aromatic heterocycles. The molecule has 0 unspecified atom stereocenters. The number of non-ortho nitro benzene ring substituents is 1. The first-order valence-corrected chi connectivity index (χ1v) is 10.4. The molecular weight excluding hydrogens is 440 g/mol. The molecule has 3 rings (SSSR count). The second-order valence-electron chi connectivity index (χ2n) is 7.09. The van der Waals surface area contributed by atoms with Crippen LogP contribution in [-0.4, -0.2) is 12.0 Å². The highest BCUT2D eigenvalue weighted by Crippen LogP contribution is 2.35. The van der Waals surface area contributed by atoms with Gasteiger partial charge >= 0.3 is 0 Å². The topological polar surface area (TPSA) is 85.4 Å². The van der Waals surface area contributed by atoms with Crippen LogP contribution >= 0.6 is 11.6 Å². The molecule has 0 aliphatic rings. The molecule has 3 aromatic rings. The van der Waals surface area contributed by atoms with Crippen molar-refractivity contribution in [2.24, 2.45) is 0 Å². The number of rotatable bonds is 9. The fraction of sp³-hybridized carbons (Fsp3) is 0.115. The molecule has 166 valence electrons. The number of nitriles is 1. The average molecular weight is 461 g/mol. The van der Waals surface area contributed by atoms with Crippen LogP contribution in [0.15, 0.2) is 73.3 Å². The molecule has 0 aliphatic heterocycles. The lowest BCUT2D eigenvalue weighted by Gasteiger charge is -2.16. The molecule has 3 aromatic carbocycles. The van der Waals surface area contributed by atoms with Crippen molar-refractivity contribution >= 4 is 28.9 Å². The summed E-state index contributed by atoms with van der Waals surface area (Å²) < 4.78 is 11.7. The van der Waals surface area contributed by atoms with Crippen LogP contribution in [0.2, 0.25) is 5.02 Å². The number of nitro groups is 1. The van der Waals surface area contributed by atoms with E-state index in [4.69, 9.17) is 21.1 Å². The number of allylic oxidation sites excluding steroid dienone is 2. The van der Waals surface area contributed by atoms with Crippen LogP contribution in [0.3, 0.4) is 0 Å². The Morgan fingerprint density at radius 1 is 1.18 bits per heavy atom. The fourth-order valence-corrected chi connectivity index (χ4v) is 3.36. The summed E-state index contributed by atoms with van der Waals surface area (Å²) in [5.41, 5.74) is 3.46. The molecule has 33 heavy (non-hydrogen) atoms. The summed E-state index contributed by atoms with van der Waals surface area (Å²) in [5, 5.41) is 21.2. The van der Waals surface area contributed by atoms with E-state index in [2.05, 4.69) is 12.6 Å². The zero-order valence-corrected chi connectivity index (χ0v) is 18.7. The Labute approximate surface area is 197 Å². The Kier molecular flexibility index (Phi) is 7.85. The van der Waals surface area contributed by atoms with Gasteiger partial charge in [-0.15, -0.1) is 6.58 Å². The smallest absolute Gasteiger partial charge is 0.269 e. The van der Waals surface area contributed by atoms with E-state index in [1.54, 1.807) is 49.6 Å². The molecule has 0 bridgehead atoms. The minimum absolute atomic E-state index is 0.0341. The highest BCUT2D eigenvalue weighted by Gasteiger charge is 2.14. The summed E-state index contributed by atoms with van der Waals surface area (Å²) in [6.45, 7) is 4.16. The molecule has 0 radical (unpaired) electrons. The lowest BCUT2D eigenvalue weighted by molar-refractivity contribution is -0.384. The van der Waals surface area contributed by atoms with Crippen LogP contribution in [-0.2, 0) is 13.0 Å². The van der Waals surface area contributed by atoms with E-state index in [0.717, 1.165) is 16.7 Å². The molecule has 7 heteroatoms. The largest absolute Gasteiger partial charge is 0.493 e. The van der Waals surface area contributed by atoms with Gasteiger partial charge in [0.15, 0.2) is 11.5 Å². The third kappa shape index (κ3) is 6.00. The third-order valence-corrected chi connectivity index (χ3v) is 5.11. The van der Waals surface area contributed by atoms with Gasteiger partial charge in [-0.25, -0.2) is 0 Å². The van der Waals surface area contributed by atoms with Crippen LogP contribution in [0.4, 0.5) is 5.69 Å². The fourth-order valence-electron chi connectivity index (χ4n) is 3.24. The standard InChI is InChI=1S/C26H21ClN2O4/c1-3-4-21-13-19(14-22(16-28)20-7-11-24(12-8-20)29(30)31)15-25(32-2)26(21)33-17-18-5-9-23(27)10-6-18/h3,5-15H,1,4,17H2,2H3/b22-14+. The minimum atomic E-state index is -0.477. The molecule has 0 saturated heterocycles. The van der Waals surface area contributed by atoms with Crippen molar-refractivity contribution in [2.75, 3.05) is 7.11 Å². The number of halogens is 1. The number of ether oxygens (including phenoxy) is 2. The van der Waals surface area contributed by atoms with Gasteiger partial charge in [0.1, 0.15) is 6.61 Å². The van der Waals surface area contributed by atoms with E-state index in [0.29, 0.717) is 40.7 Å². The van der Waals surface area contributed by atoms with Crippen LogP contribution in [0.1, 0.15) is 22.3 Å². The highest BCUT2D eigenvalue weighted by atomic mass is 35.5. The van der Waals surface area contributed by atoms with E-state index in [1.165, 1.54) is 12.1 Å². The first-order chi connectivity index (χ1) is 15.9. The highest BCUT2D eigenvalue weighted by molar-refractivity contribution is 6.30. The zero-order valence-electron chi connectivity index (χ0n) is 18.0. The summed E-state index contributed by atoms with van der Waals surface area (Å²) in [7, 11) is 1.55. The zero-order chi connectivity index (χ0) is 23.8. The summed E-state index contributed by atoms with van der Waals surface area (Å²) in [5.74, 6) is 1.12. The van der Waals surface area contributed by atoms with Gasteiger partial charge < -0.3 is 9.47 Å². The van der Waals surface area contributed by atoms with Crippen molar-refractivity contribution in [3.8, 4) is 17.6 Å². The summed E-state index contributed by atoms with van der Waals surface area (Å²) in [6, 6.07) is 19.1. The quantitative estimate of drug-likeness (QED) is 0.118. The minimum Gasteiger partial charge on any atom is -0.493 e. The van der Waals surface area contributed by atoms with Crippen molar-refractivity contribution in [3.63, 3.8) is 0 Å². The number of nitro benzene ring substituents is 1. The molecule has 0 atom stereocenters. The van der Waals surface area contributed by atoms with E-state index >= 15 is 0 Å². The van der Waals surface area contributed by atoms with Gasteiger partial charge in [-0.05, 0) is 65.6 Å². The van der Waals surface area contributed by atoms with Gasteiger partial charge in [-0.1, -0.05) is 29.8 Å². The van der Waals surface area contributed by atoms with Gasteiger partial charge in [0.2, 0.25) is 0 Å². The number of hydrogen-bond acceptors (Lipinski definition) is 5. The van der Waals surface area contributed by atoms with E-state index < -0.39 is 4.92 Å². The maximum absolute atomic E-state index is 10.9. The second kappa shape index (κ2) is 11.0. The Balaban J connectivity index is 1.95. The molecule has 0 fully saturated rings. The maximum Gasteiger partial charge on any atom is 0.269 e. The third-order valence-electron chi connectivity index (χ3n) is 4.86. The monoisotopic (exact) mass is 460 g/mol. The Hall–Kier alpha value is -4.08. The molecule has 0 spiro atoms. The molecular formula is C26H21ClN2O4. The Morgan fingerprint density at radius 3 is 2.45 bits per heavy atom. The first-order valence-electron chi connectivity index (χ1n) is 10.0. The Bertz CT molecular complexity index is 1230. The first kappa shape index (κ1) is 23.6. The maximum atomic E-state index is 10.9. The SMILES string of the molecule is C=CCc1cc(/C=C(\C#N)c2ccc([N+](=O)[O-])cc2)cc(OC)c1OCc1ccc(Cl)cc1. The summed E-state index contributed by atoms with van der Waals surface area (Å²) >= 11 is 5.95. The summed E-state index contributed by atoms with van der Waals surface area (Å²) in [6.07, 6.45) is 4.01. The van der Waals surface area contributed by atoms with Crippen LogP contribution < -0.4 is 9.47 Å². The molecule has 6 nitrogen and oxygen atoms in total. The van der Waals surface area contributed by atoms with Gasteiger partial charge in [0, 0.05) is 22.7 Å². The molecule has 0 N–H and O–H groups in total. The van der Waals surface area contributed by atoms with Gasteiger partial charge in [0.05, 0.1) is 23.7 Å². The van der Waals surface area contributed by atoms with Crippen LogP contribution in [0.25, 0.3) is 11.6 Å². The number of nitrogens with zero attached hydrogens (tertiary/aromatic N) is 2. The number of hydrogen-bond donors (Lipinski definition) is 0. The predicted octanol–water partition coefficient (Wildman–Crippen LogP) is 6.63. The predicted molar refractivity (Wildman–Crippen MR) is 129 cm³/mol. The van der Waals surface area contributed by atoms with E-state index in [1.807, 2.05) is 18.2 Å². The van der Waals surface area contributed by atoms with Crippen molar-refractivity contribution in [2.45, 2.75) is 13.0 Å². The lowest BCUT2D eigenvalue weighted by atomic mass is 10.0. The van der Waals surface area contributed by atoms with Crippen molar-refractivity contribution < 1.29 is 14.4 Å².